The van der Waals surface area contributed by atoms with Crippen LogP contribution >= 0.6 is 0 Å². The van der Waals surface area contributed by atoms with Gasteiger partial charge in [0.1, 0.15) is 17.5 Å². The number of aromatic nitrogens is 1. The Hall–Kier alpha value is -2.99. The van der Waals surface area contributed by atoms with Gasteiger partial charge in [0.05, 0.1) is 19.2 Å². The van der Waals surface area contributed by atoms with E-state index in [0.29, 0.717) is 42.9 Å². The lowest BCUT2D eigenvalue weighted by Gasteiger charge is -2.37. The number of benzene rings is 1. The van der Waals surface area contributed by atoms with Gasteiger partial charge in [-0.1, -0.05) is 37.0 Å². The Bertz CT molecular complexity index is 1080. The van der Waals surface area contributed by atoms with Crippen molar-refractivity contribution >= 4 is 5.91 Å². The van der Waals surface area contributed by atoms with Gasteiger partial charge in [0.25, 0.3) is 5.91 Å². The van der Waals surface area contributed by atoms with Crippen LogP contribution in [0.3, 0.4) is 0 Å². The van der Waals surface area contributed by atoms with Crippen molar-refractivity contribution in [3.63, 3.8) is 0 Å². The Labute approximate surface area is 207 Å². The number of pyridine rings is 1. The number of aliphatic hydroxyl groups is 1. The van der Waals surface area contributed by atoms with E-state index in [4.69, 9.17) is 4.74 Å². The van der Waals surface area contributed by atoms with Gasteiger partial charge in [-0.2, -0.15) is 0 Å². The quantitative estimate of drug-likeness (QED) is 0.612. The van der Waals surface area contributed by atoms with Crippen molar-refractivity contribution in [1.29, 1.82) is 0 Å². The van der Waals surface area contributed by atoms with Crippen LogP contribution in [0.25, 0.3) is 0 Å². The molecule has 3 atom stereocenters. The SMILES string of the molecule is C[C@H]1CN([C@@H](C)CO)C(=O)c2cc(C#CCN(C)C)cnc2O[C@@H]1CN(C)Cc1ccccc1F. The molecule has 8 heteroatoms. The zero-order chi connectivity index (χ0) is 25.5. The van der Waals surface area contributed by atoms with Crippen molar-refractivity contribution in [2.75, 3.05) is 47.4 Å². The molecule has 0 radical (unpaired) electrons. The fourth-order valence-electron chi connectivity index (χ4n) is 3.98. The van der Waals surface area contributed by atoms with Crippen molar-refractivity contribution < 1.29 is 19.0 Å². The zero-order valence-corrected chi connectivity index (χ0v) is 21.2. The Kier molecular flexibility index (Phi) is 9.21. The van der Waals surface area contributed by atoms with E-state index < -0.39 is 0 Å². The Balaban J connectivity index is 1.90. The predicted octanol–water partition coefficient (Wildman–Crippen LogP) is 2.49. The molecule has 0 bridgehead atoms. The molecule has 0 saturated heterocycles. The van der Waals surface area contributed by atoms with Gasteiger partial charge < -0.3 is 14.7 Å². The van der Waals surface area contributed by atoms with Crippen LogP contribution in [0.4, 0.5) is 4.39 Å². The summed E-state index contributed by atoms with van der Waals surface area (Å²) in [4.78, 5) is 23.5. The summed E-state index contributed by atoms with van der Waals surface area (Å²) in [5, 5.41) is 9.81. The number of halogens is 1. The van der Waals surface area contributed by atoms with E-state index >= 15 is 0 Å². The van der Waals surface area contributed by atoms with E-state index in [1.807, 2.05) is 50.9 Å². The highest BCUT2D eigenvalue weighted by atomic mass is 19.1. The number of nitrogens with zero attached hydrogens (tertiary/aromatic N) is 4. The van der Waals surface area contributed by atoms with Crippen LogP contribution in [0, 0.1) is 23.6 Å². The number of amides is 1. The first-order chi connectivity index (χ1) is 16.7. The third kappa shape index (κ3) is 7.01. The van der Waals surface area contributed by atoms with Crippen molar-refractivity contribution in [1.82, 2.24) is 19.7 Å². The van der Waals surface area contributed by atoms with Gasteiger partial charge in [-0.3, -0.25) is 14.6 Å². The van der Waals surface area contributed by atoms with Crippen LogP contribution < -0.4 is 4.74 Å². The Morgan fingerprint density at radius 3 is 2.74 bits per heavy atom. The number of ether oxygens (including phenoxy) is 1. The molecular weight excluding hydrogens is 447 g/mol. The zero-order valence-electron chi connectivity index (χ0n) is 21.2. The second-order valence-corrected chi connectivity index (χ2v) is 9.53. The van der Waals surface area contributed by atoms with Crippen LogP contribution in [0.1, 0.15) is 35.3 Å². The molecule has 1 aliphatic rings. The molecule has 188 valence electrons. The van der Waals surface area contributed by atoms with Gasteiger partial charge in [-0.25, -0.2) is 9.37 Å². The average Bonchev–Trinajstić information content (AvgIpc) is 2.82. The number of likely N-dealkylation sites (N-methyl/N-ethyl adjacent to an activating group) is 1. The van der Waals surface area contributed by atoms with Gasteiger partial charge in [0, 0.05) is 42.9 Å². The number of carbonyl (C=O) groups excluding carboxylic acids is 1. The summed E-state index contributed by atoms with van der Waals surface area (Å²) in [6, 6.07) is 8.07. The highest BCUT2D eigenvalue weighted by Gasteiger charge is 2.34. The molecule has 0 fully saturated rings. The maximum Gasteiger partial charge on any atom is 0.259 e. The molecule has 0 saturated carbocycles. The highest BCUT2D eigenvalue weighted by Crippen LogP contribution is 2.27. The van der Waals surface area contributed by atoms with E-state index in [9.17, 15) is 14.3 Å². The number of aliphatic hydroxyl groups excluding tert-OH is 1. The number of carbonyl (C=O) groups is 1. The molecular formula is C27H35FN4O3. The van der Waals surface area contributed by atoms with E-state index in [0.717, 1.165) is 0 Å². The average molecular weight is 483 g/mol. The van der Waals surface area contributed by atoms with E-state index in [1.54, 1.807) is 29.3 Å². The summed E-state index contributed by atoms with van der Waals surface area (Å²) >= 11 is 0. The third-order valence-electron chi connectivity index (χ3n) is 6.04. The summed E-state index contributed by atoms with van der Waals surface area (Å²) in [6.07, 6.45) is 1.31. The first kappa shape index (κ1) is 26.6. The molecule has 1 amide bonds. The monoisotopic (exact) mass is 482 g/mol. The maximum atomic E-state index is 14.2. The van der Waals surface area contributed by atoms with Crippen LogP contribution in [-0.4, -0.2) is 90.2 Å². The highest BCUT2D eigenvalue weighted by molar-refractivity contribution is 5.97. The molecule has 7 nitrogen and oxygen atoms in total. The first-order valence-corrected chi connectivity index (χ1v) is 11.8. The lowest BCUT2D eigenvalue weighted by molar-refractivity contribution is 0.0324. The van der Waals surface area contributed by atoms with Crippen molar-refractivity contribution in [3.05, 3.63) is 59.0 Å². The van der Waals surface area contributed by atoms with Crippen molar-refractivity contribution in [2.45, 2.75) is 32.5 Å². The summed E-state index contributed by atoms with van der Waals surface area (Å²) in [5.74, 6) is 5.83. The molecule has 0 unspecified atom stereocenters. The van der Waals surface area contributed by atoms with Gasteiger partial charge in [0.2, 0.25) is 5.88 Å². The minimum absolute atomic E-state index is 0.0504. The number of rotatable bonds is 7. The van der Waals surface area contributed by atoms with E-state index in [2.05, 4.69) is 16.8 Å². The molecule has 1 aromatic carbocycles. The number of fused-ring (bicyclic) bond motifs is 1. The van der Waals surface area contributed by atoms with Gasteiger partial charge in [-0.05, 0) is 40.2 Å². The standard InChI is InChI=1S/C27H35FN4O3/c1-19-15-32(20(2)18-33)27(34)23-13-21(9-8-12-30(3)4)14-29-26(23)35-25(19)17-31(5)16-22-10-6-7-11-24(22)28/h6-7,10-11,13-14,19-20,25,33H,12,15-18H2,1-5H3/t19-,20-,25+/m0/s1. The molecule has 35 heavy (non-hydrogen) atoms. The normalized spacial score (nSPS) is 18.9. The molecule has 1 aliphatic heterocycles. The smallest absolute Gasteiger partial charge is 0.259 e. The number of hydrogen-bond donors (Lipinski definition) is 1. The van der Waals surface area contributed by atoms with Gasteiger partial charge in [0.15, 0.2) is 0 Å². The minimum Gasteiger partial charge on any atom is -0.472 e. The molecule has 1 aromatic heterocycles. The summed E-state index contributed by atoms with van der Waals surface area (Å²) in [5.41, 5.74) is 1.57. The molecule has 2 heterocycles. The van der Waals surface area contributed by atoms with Crippen LogP contribution in [0.5, 0.6) is 5.88 Å². The first-order valence-electron chi connectivity index (χ1n) is 11.8. The molecule has 2 aromatic rings. The topological polar surface area (TPSA) is 69.1 Å². The number of hydrogen-bond acceptors (Lipinski definition) is 6. The fraction of sp³-hybridized carbons (Fsp3) is 0.481. The lowest BCUT2D eigenvalue weighted by atomic mass is 9.99. The van der Waals surface area contributed by atoms with Crippen LogP contribution in [0.2, 0.25) is 0 Å². The maximum absolute atomic E-state index is 14.2. The van der Waals surface area contributed by atoms with Crippen molar-refractivity contribution in [2.24, 2.45) is 5.92 Å². The lowest BCUT2D eigenvalue weighted by Crippen LogP contribution is -2.49. The van der Waals surface area contributed by atoms with E-state index in [1.165, 1.54) is 6.07 Å². The largest absolute Gasteiger partial charge is 0.472 e. The second-order valence-electron chi connectivity index (χ2n) is 9.53. The summed E-state index contributed by atoms with van der Waals surface area (Å²) in [6.45, 7) is 5.62. The molecule has 1 N–H and O–H groups in total. The third-order valence-corrected chi connectivity index (χ3v) is 6.04. The molecule has 3 rings (SSSR count). The Morgan fingerprint density at radius 1 is 1.31 bits per heavy atom. The Morgan fingerprint density at radius 2 is 2.06 bits per heavy atom. The van der Waals surface area contributed by atoms with Gasteiger partial charge >= 0.3 is 0 Å². The molecule has 0 spiro atoms. The predicted molar refractivity (Wildman–Crippen MR) is 134 cm³/mol. The minimum atomic E-state index is -0.365. The summed E-state index contributed by atoms with van der Waals surface area (Å²) < 4.78 is 20.5. The fourth-order valence-corrected chi connectivity index (χ4v) is 3.98. The van der Waals surface area contributed by atoms with Crippen molar-refractivity contribution in [3.8, 4) is 17.7 Å². The van der Waals surface area contributed by atoms with Crippen LogP contribution in [0.15, 0.2) is 36.5 Å². The van der Waals surface area contributed by atoms with E-state index in [-0.39, 0.29) is 42.3 Å². The molecule has 0 aliphatic carbocycles. The summed E-state index contributed by atoms with van der Waals surface area (Å²) in [7, 11) is 5.78. The second kappa shape index (κ2) is 12.1. The van der Waals surface area contributed by atoms with Gasteiger partial charge in [-0.15, -0.1) is 0 Å². The van der Waals surface area contributed by atoms with Crippen LogP contribution in [-0.2, 0) is 6.54 Å².